The molecule has 0 radical (unpaired) electrons. The van der Waals surface area contributed by atoms with Gasteiger partial charge in [-0.05, 0) is 90.4 Å². The van der Waals surface area contributed by atoms with E-state index in [0.717, 1.165) is 16.7 Å². The number of rotatable bonds is 9. The van der Waals surface area contributed by atoms with Gasteiger partial charge < -0.3 is 30.3 Å². The van der Waals surface area contributed by atoms with E-state index in [1.807, 2.05) is 68.6 Å². The Morgan fingerprint density at radius 1 is 0.942 bits per heavy atom. The highest BCUT2D eigenvalue weighted by Gasteiger charge is 2.29. The Labute approximate surface area is 304 Å². The maximum atomic E-state index is 14.2. The van der Waals surface area contributed by atoms with Crippen LogP contribution in [0.1, 0.15) is 64.1 Å². The fourth-order valence-electron chi connectivity index (χ4n) is 6.40. The number of nitrogens with one attached hydrogen (secondary N) is 3. The highest BCUT2D eigenvalue weighted by molar-refractivity contribution is 5.98. The van der Waals surface area contributed by atoms with Crippen LogP contribution in [0.2, 0.25) is 0 Å². The first-order valence-electron chi connectivity index (χ1n) is 17.6. The fourth-order valence-corrected chi connectivity index (χ4v) is 6.40. The lowest BCUT2D eigenvalue weighted by atomic mass is 10.00. The standard InChI is InChI=1S/C40H48N6O6/c1-27(2)20-33-25-45(40(50)32-9-5-8-29(21-32)24-46-19-7-18-42-46)26-37(47)41-17-6-10-30-23-31(13-16-36(30)52-4)38(48)44-35(39(49)43-33)22-28-11-14-34(51-3)15-12-28/h5,7-9,11-16,18-19,21,23,27,33,35H,6,10,17,20,22,24-26H2,1-4H3,(H,41,47)(H,43,49)(H,44,48)/t33-,35-/m0/s1. The van der Waals surface area contributed by atoms with E-state index in [1.165, 1.54) is 4.90 Å². The number of methoxy groups -OCH3 is 2. The van der Waals surface area contributed by atoms with Crippen molar-refractivity contribution >= 4 is 23.6 Å². The normalized spacial score (nSPS) is 17.5. The number of hydrogen-bond donors (Lipinski definition) is 3. The van der Waals surface area contributed by atoms with E-state index in [9.17, 15) is 19.2 Å². The Bertz CT molecular complexity index is 1820. The zero-order valence-electron chi connectivity index (χ0n) is 30.3. The summed E-state index contributed by atoms with van der Waals surface area (Å²) in [5.74, 6) is 0.00598. The zero-order chi connectivity index (χ0) is 37.0. The molecule has 0 saturated carbocycles. The van der Waals surface area contributed by atoms with Crippen molar-refractivity contribution in [3.63, 3.8) is 0 Å². The lowest BCUT2D eigenvalue weighted by Gasteiger charge is -2.30. The molecule has 12 heteroatoms. The van der Waals surface area contributed by atoms with Crippen LogP contribution in [0.25, 0.3) is 0 Å². The van der Waals surface area contributed by atoms with E-state index >= 15 is 0 Å². The molecule has 2 heterocycles. The summed E-state index contributed by atoms with van der Waals surface area (Å²) in [4.78, 5) is 57.0. The Kier molecular flexibility index (Phi) is 13.0. The third kappa shape index (κ3) is 10.4. The van der Waals surface area contributed by atoms with Gasteiger partial charge in [-0.2, -0.15) is 5.10 Å². The van der Waals surface area contributed by atoms with Gasteiger partial charge >= 0.3 is 0 Å². The maximum Gasteiger partial charge on any atom is 0.254 e. The van der Waals surface area contributed by atoms with Crippen LogP contribution in [0.15, 0.2) is 85.2 Å². The molecule has 0 fully saturated rings. The van der Waals surface area contributed by atoms with E-state index in [2.05, 4.69) is 21.0 Å². The molecule has 3 N–H and O–H groups in total. The quantitative estimate of drug-likeness (QED) is 0.238. The smallest absolute Gasteiger partial charge is 0.254 e. The Morgan fingerprint density at radius 3 is 2.46 bits per heavy atom. The second kappa shape index (κ2) is 18.0. The first-order valence-corrected chi connectivity index (χ1v) is 17.6. The Hall–Kier alpha value is -5.65. The van der Waals surface area contributed by atoms with Crippen LogP contribution in [-0.4, -0.2) is 84.2 Å². The van der Waals surface area contributed by atoms with Gasteiger partial charge in [-0.25, -0.2) is 0 Å². The lowest BCUT2D eigenvalue weighted by molar-refractivity contribution is -0.123. The number of benzene rings is 3. The van der Waals surface area contributed by atoms with E-state index in [4.69, 9.17) is 9.47 Å². The van der Waals surface area contributed by atoms with Gasteiger partial charge in [0, 0.05) is 49.1 Å². The topological polar surface area (TPSA) is 144 Å². The van der Waals surface area contributed by atoms with Crippen molar-refractivity contribution in [3.05, 3.63) is 113 Å². The first kappa shape index (κ1) is 37.6. The molecular weight excluding hydrogens is 660 g/mol. The average Bonchev–Trinajstić information content (AvgIpc) is 3.65. The third-order valence-corrected chi connectivity index (χ3v) is 8.95. The van der Waals surface area contributed by atoms with Gasteiger partial charge in [0.1, 0.15) is 17.5 Å². The molecule has 1 aromatic heterocycles. The van der Waals surface area contributed by atoms with Crippen molar-refractivity contribution in [2.45, 2.75) is 58.2 Å². The average molecular weight is 709 g/mol. The molecule has 1 aliphatic heterocycles. The number of hydrogen-bond acceptors (Lipinski definition) is 7. The van der Waals surface area contributed by atoms with Crippen molar-refractivity contribution in [2.75, 3.05) is 33.9 Å². The molecule has 0 spiro atoms. The number of carbonyl (C=O) groups is 4. The van der Waals surface area contributed by atoms with Gasteiger partial charge in [-0.15, -0.1) is 0 Å². The van der Waals surface area contributed by atoms with Gasteiger partial charge in [-0.1, -0.05) is 38.1 Å². The molecule has 52 heavy (non-hydrogen) atoms. The van der Waals surface area contributed by atoms with E-state index in [1.54, 1.807) is 49.4 Å². The van der Waals surface area contributed by atoms with Gasteiger partial charge in [-0.3, -0.25) is 23.9 Å². The van der Waals surface area contributed by atoms with Gasteiger partial charge in [0.25, 0.3) is 11.8 Å². The van der Waals surface area contributed by atoms with Crippen LogP contribution in [0.4, 0.5) is 0 Å². The summed E-state index contributed by atoms with van der Waals surface area (Å²) in [6.45, 7) is 4.79. The van der Waals surface area contributed by atoms with E-state index in [0.29, 0.717) is 55.0 Å². The SMILES string of the molecule is COc1ccc(C[C@@H]2NC(=O)c3ccc(OC)c(c3)CCCNC(=O)CN(C(=O)c3cccc(Cn4cccn4)c3)C[C@H](CC(C)C)NC2=O)cc1. The third-order valence-electron chi connectivity index (χ3n) is 8.95. The molecular formula is C40H48N6O6. The highest BCUT2D eigenvalue weighted by atomic mass is 16.5. The molecule has 274 valence electrons. The number of amides is 4. The van der Waals surface area contributed by atoms with Crippen molar-refractivity contribution in [3.8, 4) is 11.5 Å². The van der Waals surface area contributed by atoms with Crippen molar-refractivity contribution in [1.29, 1.82) is 0 Å². The summed E-state index contributed by atoms with van der Waals surface area (Å²) >= 11 is 0. The highest BCUT2D eigenvalue weighted by Crippen LogP contribution is 2.22. The molecule has 2 atom stereocenters. The van der Waals surface area contributed by atoms with Crippen LogP contribution in [0.3, 0.4) is 0 Å². The number of carbonyl (C=O) groups excluding carboxylic acids is 4. The second-order valence-corrected chi connectivity index (χ2v) is 13.5. The minimum Gasteiger partial charge on any atom is -0.497 e. The molecule has 2 bridgehead atoms. The van der Waals surface area contributed by atoms with Crippen LogP contribution < -0.4 is 25.4 Å². The number of ether oxygens (including phenoxy) is 2. The lowest BCUT2D eigenvalue weighted by Crippen LogP contribution is -2.54. The van der Waals surface area contributed by atoms with Crippen LogP contribution in [-0.2, 0) is 29.0 Å². The van der Waals surface area contributed by atoms with E-state index in [-0.39, 0.29) is 37.2 Å². The summed E-state index contributed by atoms with van der Waals surface area (Å²) in [7, 11) is 3.15. The number of nitrogens with zero attached hydrogens (tertiary/aromatic N) is 3. The largest absolute Gasteiger partial charge is 0.497 e. The first-order chi connectivity index (χ1) is 25.1. The zero-order valence-corrected chi connectivity index (χ0v) is 30.3. The molecule has 12 nitrogen and oxygen atoms in total. The second-order valence-electron chi connectivity index (χ2n) is 13.5. The van der Waals surface area contributed by atoms with Crippen molar-refractivity contribution in [2.24, 2.45) is 5.92 Å². The Morgan fingerprint density at radius 2 is 1.75 bits per heavy atom. The van der Waals surface area contributed by atoms with Gasteiger partial charge in [0.15, 0.2) is 0 Å². The number of fused-ring (bicyclic) bond motifs is 2. The predicted octanol–water partition coefficient (Wildman–Crippen LogP) is 4.03. The number of aryl methyl sites for hydroxylation is 1. The monoisotopic (exact) mass is 708 g/mol. The van der Waals surface area contributed by atoms with Gasteiger partial charge in [0.05, 0.1) is 27.3 Å². The molecule has 5 rings (SSSR count). The molecule has 0 aliphatic carbocycles. The van der Waals surface area contributed by atoms with Crippen LogP contribution in [0, 0.1) is 5.92 Å². The minimum absolute atomic E-state index is 0.0841. The fraction of sp³-hybridized carbons (Fsp3) is 0.375. The van der Waals surface area contributed by atoms with Crippen molar-refractivity contribution in [1.82, 2.24) is 30.6 Å². The molecule has 0 unspecified atom stereocenters. The van der Waals surface area contributed by atoms with E-state index < -0.39 is 23.9 Å². The minimum atomic E-state index is -0.941. The van der Waals surface area contributed by atoms with Gasteiger partial charge in [0.2, 0.25) is 11.8 Å². The molecule has 4 aromatic rings. The predicted molar refractivity (Wildman–Crippen MR) is 197 cm³/mol. The summed E-state index contributed by atoms with van der Waals surface area (Å²) in [6, 6.07) is 20.2. The van der Waals surface area contributed by atoms with Crippen LogP contribution in [0.5, 0.6) is 11.5 Å². The van der Waals surface area contributed by atoms with Crippen LogP contribution >= 0.6 is 0 Å². The molecule has 4 amide bonds. The summed E-state index contributed by atoms with van der Waals surface area (Å²) in [6.07, 6.45) is 5.40. The molecule has 3 aromatic carbocycles. The van der Waals surface area contributed by atoms with Crippen molar-refractivity contribution < 1.29 is 28.7 Å². The summed E-state index contributed by atoms with van der Waals surface area (Å²) < 4.78 is 12.6. The Balaban J connectivity index is 1.47. The molecule has 1 aliphatic rings. The summed E-state index contributed by atoms with van der Waals surface area (Å²) in [5, 5.41) is 13.3. The maximum absolute atomic E-state index is 14.2. The summed E-state index contributed by atoms with van der Waals surface area (Å²) in [5.41, 5.74) is 3.32. The molecule has 0 saturated heterocycles. The number of aromatic nitrogens is 2.